The number of carbonyl (C=O) groups is 2. The molecule has 0 aliphatic heterocycles. The van der Waals surface area contributed by atoms with Crippen molar-refractivity contribution in [3.8, 4) is 0 Å². The van der Waals surface area contributed by atoms with Crippen LogP contribution in [0, 0.1) is 0 Å². The summed E-state index contributed by atoms with van der Waals surface area (Å²) >= 11 is 0. The Morgan fingerprint density at radius 2 is 1.56 bits per heavy atom. The lowest BCUT2D eigenvalue weighted by molar-refractivity contribution is -0.208. The van der Waals surface area contributed by atoms with Gasteiger partial charge in [-0.3, -0.25) is 0 Å². The highest BCUT2D eigenvalue weighted by Gasteiger charge is 2.60. The first-order chi connectivity index (χ1) is 11.4. The fourth-order valence-corrected chi connectivity index (χ4v) is 2.26. The highest BCUT2D eigenvalue weighted by atomic mass is 16.6. The van der Waals surface area contributed by atoms with E-state index in [0.717, 1.165) is 5.56 Å². The lowest BCUT2D eigenvalue weighted by Crippen LogP contribution is -2.68. The van der Waals surface area contributed by atoms with Crippen LogP contribution in [-0.4, -0.2) is 35.3 Å². The smallest absolute Gasteiger partial charge is 0.352 e. The molecule has 1 aromatic rings. The van der Waals surface area contributed by atoms with Crippen molar-refractivity contribution < 1.29 is 23.8 Å². The second-order valence-corrected chi connectivity index (χ2v) is 7.40. The van der Waals surface area contributed by atoms with Gasteiger partial charge in [0.15, 0.2) is 0 Å². The van der Waals surface area contributed by atoms with Crippen LogP contribution in [0.25, 0.3) is 0 Å². The number of ether oxygens (including phenoxy) is 3. The molecule has 0 unspecified atom stereocenters. The van der Waals surface area contributed by atoms with Gasteiger partial charge in [-0.05, 0) is 47.1 Å². The first-order valence-corrected chi connectivity index (χ1v) is 8.31. The van der Waals surface area contributed by atoms with Crippen LogP contribution in [0.3, 0.4) is 0 Å². The van der Waals surface area contributed by atoms with Crippen LogP contribution in [-0.2, 0) is 30.4 Å². The van der Waals surface area contributed by atoms with Crippen molar-refractivity contribution in [1.82, 2.24) is 0 Å². The van der Waals surface area contributed by atoms with Crippen molar-refractivity contribution in [3.63, 3.8) is 0 Å². The molecular formula is C19H29NO5. The van der Waals surface area contributed by atoms with Crippen LogP contribution in [0.2, 0.25) is 0 Å². The Morgan fingerprint density at radius 1 is 1.00 bits per heavy atom. The van der Waals surface area contributed by atoms with Gasteiger partial charge in [0.1, 0.15) is 5.60 Å². The van der Waals surface area contributed by atoms with Gasteiger partial charge in [-0.25, -0.2) is 9.59 Å². The van der Waals surface area contributed by atoms with E-state index < -0.39 is 28.7 Å². The SMILES string of the molecule is CCOC(=O)[C@@](OCc1ccccc1)(C(=O)OC(C)(C)C)C(C)(C)N. The van der Waals surface area contributed by atoms with E-state index >= 15 is 0 Å². The highest BCUT2D eigenvalue weighted by Crippen LogP contribution is 2.31. The number of hydrogen-bond donors (Lipinski definition) is 1. The molecule has 0 spiro atoms. The van der Waals surface area contributed by atoms with Crippen molar-refractivity contribution in [1.29, 1.82) is 0 Å². The van der Waals surface area contributed by atoms with Gasteiger partial charge in [0, 0.05) is 0 Å². The molecule has 0 saturated carbocycles. The molecule has 25 heavy (non-hydrogen) atoms. The van der Waals surface area contributed by atoms with Gasteiger partial charge in [-0.2, -0.15) is 0 Å². The van der Waals surface area contributed by atoms with Crippen LogP contribution < -0.4 is 5.73 Å². The minimum atomic E-state index is -2.08. The summed E-state index contributed by atoms with van der Waals surface area (Å²) in [6, 6.07) is 9.20. The van der Waals surface area contributed by atoms with E-state index in [2.05, 4.69) is 0 Å². The van der Waals surface area contributed by atoms with Crippen molar-refractivity contribution >= 4 is 11.9 Å². The number of rotatable bonds is 7. The number of benzene rings is 1. The van der Waals surface area contributed by atoms with Crippen LogP contribution in [0.1, 0.15) is 47.1 Å². The maximum atomic E-state index is 12.9. The summed E-state index contributed by atoms with van der Waals surface area (Å²) in [6.45, 7) is 9.97. The first-order valence-electron chi connectivity index (χ1n) is 8.31. The minimum absolute atomic E-state index is 0.0134. The maximum absolute atomic E-state index is 12.9. The lowest BCUT2D eigenvalue weighted by Gasteiger charge is -2.40. The molecule has 0 heterocycles. The number of hydrogen-bond acceptors (Lipinski definition) is 6. The van der Waals surface area contributed by atoms with E-state index in [0.29, 0.717) is 0 Å². The van der Waals surface area contributed by atoms with Crippen molar-refractivity contribution in [3.05, 3.63) is 35.9 Å². The zero-order valence-electron chi connectivity index (χ0n) is 15.9. The molecule has 6 nitrogen and oxygen atoms in total. The zero-order valence-corrected chi connectivity index (χ0v) is 15.9. The lowest BCUT2D eigenvalue weighted by atomic mass is 9.82. The molecule has 0 fully saturated rings. The van der Waals surface area contributed by atoms with Crippen molar-refractivity contribution in [2.45, 2.75) is 64.9 Å². The van der Waals surface area contributed by atoms with Crippen LogP contribution in [0.5, 0.6) is 0 Å². The highest BCUT2D eigenvalue weighted by molar-refractivity contribution is 6.05. The van der Waals surface area contributed by atoms with E-state index in [-0.39, 0.29) is 13.2 Å². The molecule has 0 amide bonds. The molecule has 0 aromatic heterocycles. The van der Waals surface area contributed by atoms with Gasteiger partial charge in [0.25, 0.3) is 5.60 Å². The summed E-state index contributed by atoms with van der Waals surface area (Å²) in [4.78, 5) is 25.7. The molecule has 0 bridgehead atoms. The monoisotopic (exact) mass is 351 g/mol. The second-order valence-electron chi connectivity index (χ2n) is 7.40. The summed E-state index contributed by atoms with van der Waals surface area (Å²) in [5.74, 6) is -1.71. The molecule has 2 N–H and O–H groups in total. The Labute approximate surface area is 149 Å². The Hall–Kier alpha value is -1.92. The van der Waals surface area contributed by atoms with E-state index in [1.807, 2.05) is 30.3 Å². The third-order valence-corrected chi connectivity index (χ3v) is 3.45. The summed E-state index contributed by atoms with van der Waals surface area (Å²) in [6.07, 6.45) is 0. The molecule has 0 radical (unpaired) electrons. The topological polar surface area (TPSA) is 87.8 Å². The number of esters is 2. The summed E-state index contributed by atoms with van der Waals surface area (Å²) < 4.78 is 16.4. The number of carbonyl (C=O) groups excluding carboxylic acids is 2. The molecule has 0 saturated heterocycles. The predicted octanol–water partition coefficient (Wildman–Crippen LogP) is 2.58. The van der Waals surface area contributed by atoms with E-state index in [9.17, 15) is 9.59 Å². The predicted molar refractivity (Wildman–Crippen MR) is 94.7 cm³/mol. The normalized spacial score (nSPS) is 14.5. The van der Waals surface area contributed by atoms with Gasteiger partial charge >= 0.3 is 11.9 Å². The molecule has 1 atom stereocenters. The Bertz CT molecular complexity index is 586. The maximum Gasteiger partial charge on any atom is 0.352 e. The van der Waals surface area contributed by atoms with Gasteiger partial charge in [0.2, 0.25) is 0 Å². The Morgan fingerprint density at radius 3 is 2.00 bits per heavy atom. The third kappa shape index (κ3) is 5.28. The standard InChI is InChI=1S/C19H29NO5/c1-7-23-15(21)19(18(5,6)20,16(22)25-17(2,3)4)24-13-14-11-9-8-10-12-14/h8-12H,7,13,20H2,1-6H3/t19-/m1/s1. The van der Waals surface area contributed by atoms with E-state index in [1.54, 1.807) is 41.5 Å². The average molecular weight is 351 g/mol. The summed E-state index contributed by atoms with van der Waals surface area (Å²) in [5, 5.41) is 0. The average Bonchev–Trinajstić information content (AvgIpc) is 2.46. The fourth-order valence-electron chi connectivity index (χ4n) is 2.26. The molecular weight excluding hydrogens is 322 g/mol. The van der Waals surface area contributed by atoms with Gasteiger partial charge in [-0.1, -0.05) is 30.3 Å². The first kappa shape index (κ1) is 21.1. The van der Waals surface area contributed by atoms with Crippen molar-refractivity contribution in [2.75, 3.05) is 6.61 Å². The van der Waals surface area contributed by atoms with Crippen LogP contribution in [0.4, 0.5) is 0 Å². The van der Waals surface area contributed by atoms with Crippen LogP contribution in [0.15, 0.2) is 30.3 Å². The van der Waals surface area contributed by atoms with Gasteiger partial charge in [0.05, 0.1) is 18.8 Å². The van der Waals surface area contributed by atoms with E-state index in [4.69, 9.17) is 19.9 Å². The third-order valence-electron chi connectivity index (χ3n) is 3.45. The van der Waals surface area contributed by atoms with Crippen LogP contribution >= 0.6 is 0 Å². The summed E-state index contributed by atoms with van der Waals surface area (Å²) in [5.41, 5.74) is 2.75. The largest absolute Gasteiger partial charge is 0.463 e. The van der Waals surface area contributed by atoms with Gasteiger partial charge < -0.3 is 19.9 Å². The van der Waals surface area contributed by atoms with Crippen molar-refractivity contribution in [2.24, 2.45) is 5.73 Å². The molecule has 140 valence electrons. The molecule has 0 aliphatic carbocycles. The number of nitrogens with two attached hydrogens (primary N) is 1. The van der Waals surface area contributed by atoms with Gasteiger partial charge in [-0.15, -0.1) is 0 Å². The Balaban J connectivity index is 3.29. The molecule has 1 aromatic carbocycles. The molecule has 1 rings (SSSR count). The Kier molecular flexibility index (Phi) is 6.74. The second kappa shape index (κ2) is 7.97. The van der Waals surface area contributed by atoms with E-state index in [1.165, 1.54) is 0 Å². The molecule has 0 aliphatic rings. The summed E-state index contributed by atoms with van der Waals surface area (Å²) in [7, 11) is 0. The fraction of sp³-hybridized carbons (Fsp3) is 0.579. The zero-order chi connectivity index (χ0) is 19.3. The quantitative estimate of drug-likeness (QED) is 0.600. The minimum Gasteiger partial charge on any atom is -0.463 e. The molecule has 6 heteroatoms.